The first-order chi connectivity index (χ1) is 10.6. The third-order valence-corrected chi connectivity index (χ3v) is 4.43. The van der Waals surface area contributed by atoms with Crippen molar-refractivity contribution in [2.75, 3.05) is 11.6 Å². The second-order valence-corrected chi connectivity index (χ2v) is 6.47. The molecule has 0 aliphatic rings. The third-order valence-electron chi connectivity index (χ3n) is 2.99. The monoisotopic (exact) mass is 396 g/mol. The van der Waals surface area contributed by atoms with Gasteiger partial charge in [-0.05, 0) is 40.4 Å². The van der Waals surface area contributed by atoms with Crippen molar-refractivity contribution in [2.45, 2.75) is 4.90 Å². The van der Waals surface area contributed by atoms with Gasteiger partial charge < -0.3 is 9.72 Å². The Bertz CT molecular complexity index is 867. The summed E-state index contributed by atoms with van der Waals surface area (Å²) in [6, 6.07) is 5.33. The maximum atomic E-state index is 12.5. The lowest BCUT2D eigenvalue weighted by Crippen LogP contribution is -2.15. The fourth-order valence-electron chi connectivity index (χ4n) is 1.97. The van der Waals surface area contributed by atoms with Crippen molar-refractivity contribution in [3.63, 3.8) is 0 Å². The molecule has 0 unspecified atom stereocenters. The number of halogens is 2. The molecule has 0 radical (unpaired) electrons. The van der Waals surface area contributed by atoms with Crippen LogP contribution >= 0.6 is 39.3 Å². The van der Waals surface area contributed by atoms with Gasteiger partial charge in [-0.1, -0.05) is 11.6 Å². The van der Waals surface area contributed by atoms with Crippen molar-refractivity contribution in [1.29, 1.82) is 0 Å². The topological polar surface area (TPSA) is 59.3 Å². The Hall–Kier alpha value is -1.57. The number of nitrogens with one attached hydrogen (secondary N) is 1. The summed E-state index contributed by atoms with van der Waals surface area (Å²) in [6.07, 6.45) is 7.12. The van der Waals surface area contributed by atoms with Crippen LogP contribution in [0.2, 0.25) is 5.02 Å². The zero-order valence-electron chi connectivity index (χ0n) is 11.4. The summed E-state index contributed by atoms with van der Waals surface area (Å²) in [5.41, 5.74) is 0.966. The normalized spacial score (nSPS) is 10.9. The maximum Gasteiger partial charge on any atom is 0.258 e. The molecule has 0 spiro atoms. The van der Waals surface area contributed by atoms with Crippen LogP contribution in [-0.2, 0) is 0 Å². The van der Waals surface area contributed by atoms with Crippen molar-refractivity contribution in [3.8, 4) is 0 Å². The lowest BCUT2D eigenvalue weighted by atomic mass is 10.2. The van der Waals surface area contributed by atoms with Crippen LogP contribution in [0.15, 0.2) is 46.3 Å². The molecule has 0 saturated carbocycles. The average Bonchev–Trinajstić information content (AvgIpc) is 2.96. The Kier molecular flexibility index (Phi) is 4.37. The molecule has 0 atom stereocenters. The van der Waals surface area contributed by atoms with E-state index in [0.717, 1.165) is 4.90 Å². The molecule has 0 saturated heterocycles. The van der Waals surface area contributed by atoms with Crippen LogP contribution in [0, 0.1) is 0 Å². The first-order valence-electron chi connectivity index (χ1n) is 6.22. The highest BCUT2D eigenvalue weighted by atomic mass is 79.9. The Labute approximate surface area is 144 Å². The van der Waals surface area contributed by atoms with E-state index in [1.54, 1.807) is 46.9 Å². The number of amides is 1. The summed E-state index contributed by atoms with van der Waals surface area (Å²) in [7, 11) is 0. The van der Waals surface area contributed by atoms with Crippen molar-refractivity contribution >= 4 is 56.7 Å². The number of anilines is 1. The maximum absolute atomic E-state index is 12.5. The molecule has 112 valence electrons. The lowest BCUT2D eigenvalue weighted by molar-refractivity contribution is 0.102. The standard InChI is InChI=1S/C14H10BrClN4OS/c1-22-8-2-3-10(16)9(6-8)14(21)19-12-13-17-4-5-20(13)7-11(15)18-12/h2-7H,1H3,(H,18,19,21). The SMILES string of the molecule is CSc1ccc(Cl)c(C(=O)Nc2nc(Br)cn3ccnc23)c1. The average molecular weight is 398 g/mol. The molecule has 0 aliphatic heterocycles. The van der Waals surface area contributed by atoms with Crippen LogP contribution in [0.1, 0.15) is 10.4 Å². The molecule has 22 heavy (non-hydrogen) atoms. The largest absolute Gasteiger partial charge is 0.303 e. The molecule has 0 bridgehead atoms. The minimum absolute atomic E-state index is 0.323. The quantitative estimate of drug-likeness (QED) is 0.675. The van der Waals surface area contributed by atoms with E-state index in [1.165, 1.54) is 0 Å². The van der Waals surface area contributed by atoms with Gasteiger partial charge in [0.1, 0.15) is 4.60 Å². The molecule has 5 nitrogen and oxygen atoms in total. The number of benzene rings is 1. The Balaban J connectivity index is 1.98. The molecule has 2 aromatic heterocycles. The van der Waals surface area contributed by atoms with Gasteiger partial charge in [-0.2, -0.15) is 0 Å². The summed E-state index contributed by atoms with van der Waals surface area (Å²) in [5.74, 6) is 0.0476. The number of aromatic nitrogens is 3. The number of thioether (sulfide) groups is 1. The van der Waals surface area contributed by atoms with Gasteiger partial charge in [-0.15, -0.1) is 11.8 Å². The number of fused-ring (bicyclic) bond motifs is 1. The fourth-order valence-corrected chi connectivity index (χ4v) is 3.01. The van der Waals surface area contributed by atoms with Crippen molar-refractivity contribution in [2.24, 2.45) is 0 Å². The van der Waals surface area contributed by atoms with E-state index in [0.29, 0.717) is 26.7 Å². The van der Waals surface area contributed by atoms with Gasteiger partial charge in [0.05, 0.1) is 10.6 Å². The minimum Gasteiger partial charge on any atom is -0.303 e. The third kappa shape index (κ3) is 2.97. The minimum atomic E-state index is -0.323. The van der Waals surface area contributed by atoms with E-state index in [9.17, 15) is 4.79 Å². The second kappa shape index (κ2) is 6.28. The van der Waals surface area contributed by atoms with E-state index >= 15 is 0 Å². The van der Waals surface area contributed by atoms with E-state index in [-0.39, 0.29) is 5.91 Å². The molecule has 0 fully saturated rings. The highest BCUT2D eigenvalue weighted by molar-refractivity contribution is 9.10. The zero-order chi connectivity index (χ0) is 15.7. The molecule has 1 amide bonds. The van der Waals surface area contributed by atoms with E-state index in [1.807, 2.05) is 12.3 Å². The molecule has 0 aliphatic carbocycles. The molecule has 8 heteroatoms. The highest BCUT2D eigenvalue weighted by Gasteiger charge is 2.15. The molecular weight excluding hydrogens is 388 g/mol. The van der Waals surface area contributed by atoms with Crippen LogP contribution in [0.3, 0.4) is 0 Å². The van der Waals surface area contributed by atoms with Crippen LogP contribution in [0.5, 0.6) is 0 Å². The Morgan fingerprint density at radius 2 is 2.27 bits per heavy atom. The van der Waals surface area contributed by atoms with Gasteiger partial charge >= 0.3 is 0 Å². The number of hydrogen-bond donors (Lipinski definition) is 1. The smallest absolute Gasteiger partial charge is 0.258 e. The first-order valence-corrected chi connectivity index (χ1v) is 8.62. The molecule has 3 aromatic rings. The summed E-state index contributed by atoms with van der Waals surface area (Å²) >= 11 is 11.0. The second-order valence-electron chi connectivity index (χ2n) is 4.37. The van der Waals surface area contributed by atoms with Gasteiger partial charge in [0.25, 0.3) is 5.91 Å². The number of carbonyl (C=O) groups excluding carboxylic acids is 1. The van der Waals surface area contributed by atoms with Gasteiger partial charge in [-0.25, -0.2) is 9.97 Å². The van der Waals surface area contributed by atoms with Crippen LogP contribution < -0.4 is 5.32 Å². The van der Waals surface area contributed by atoms with Gasteiger partial charge in [0.2, 0.25) is 0 Å². The Morgan fingerprint density at radius 3 is 3.05 bits per heavy atom. The summed E-state index contributed by atoms with van der Waals surface area (Å²) in [6.45, 7) is 0. The van der Waals surface area contributed by atoms with Crippen LogP contribution in [-0.4, -0.2) is 26.5 Å². The van der Waals surface area contributed by atoms with Crippen molar-refractivity contribution < 1.29 is 4.79 Å². The number of hydrogen-bond acceptors (Lipinski definition) is 4. The zero-order valence-corrected chi connectivity index (χ0v) is 14.5. The van der Waals surface area contributed by atoms with Crippen LogP contribution in [0.25, 0.3) is 5.65 Å². The molecule has 1 aromatic carbocycles. The summed E-state index contributed by atoms with van der Waals surface area (Å²) < 4.78 is 2.37. The van der Waals surface area contributed by atoms with Gasteiger partial charge in [0.15, 0.2) is 11.5 Å². The predicted octanol–water partition coefficient (Wildman–Crippen LogP) is 4.12. The molecule has 2 heterocycles. The Morgan fingerprint density at radius 1 is 1.45 bits per heavy atom. The first kappa shape index (κ1) is 15.3. The number of nitrogens with zero attached hydrogens (tertiary/aromatic N) is 3. The highest BCUT2D eigenvalue weighted by Crippen LogP contribution is 2.24. The summed E-state index contributed by atoms with van der Waals surface area (Å²) in [4.78, 5) is 21.9. The van der Waals surface area contributed by atoms with Crippen LogP contribution in [0.4, 0.5) is 5.82 Å². The lowest BCUT2D eigenvalue weighted by Gasteiger charge is -2.09. The number of carbonyl (C=O) groups is 1. The predicted molar refractivity (Wildman–Crippen MR) is 91.9 cm³/mol. The van der Waals surface area contributed by atoms with Crippen molar-refractivity contribution in [3.05, 3.63) is 52.0 Å². The molecular formula is C14H10BrClN4OS. The molecule has 3 rings (SSSR count). The van der Waals surface area contributed by atoms with E-state index in [2.05, 4.69) is 31.2 Å². The van der Waals surface area contributed by atoms with Gasteiger partial charge in [0, 0.05) is 23.5 Å². The number of imidazole rings is 1. The fraction of sp³-hybridized carbons (Fsp3) is 0.0714. The van der Waals surface area contributed by atoms with Crippen molar-refractivity contribution in [1.82, 2.24) is 14.4 Å². The summed E-state index contributed by atoms with van der Waals surface area (Å²) in [5, 5.41) is 3.16. The molecule has 1 N–H and O–H groups in total. The van der Waals surface area contributed by atoms with E-state index in [4.69, 9.17) is 11.6 Å². The van der Waals surface area contributed by atoms with Gasteiger partial charge in [-0.3, -0.25) is 4.79 Å². The van der Waals surface area contributed by atoms with E-state index < -0.39 is 0 Å². The number of rotatable bonds is 3.